The van der Waals surface area contributed by atoms with Gasteiger partial charge in [-0.05, 0) is 37.0 Å². The summed E-state index contributed by atoms with van der Waals surface area (Å²) in [6.45, 7) is 0.0216. The number of nitriles is 1. The molecule has 2 unspecified atom stereocenters. The van der Waals surface area contributed by atoms with Gasteiger partial charge in [0.1, 0.15) is 23.9 Å². The third-order valence-corrected chi connectivity index (χ3v) is 6.45. The van der Waals surface area contributed by atoms with Crippen molar-refractivity contribution in [1.29, 1.82) is 5.26 Å². The van der Waals surface area contributed by atoms with E-state index in [4.69, 9.17) is 16.3 Å². The summed E-state index contributed by atoms with van der Waals surface area (Å²) in [4.78, 5) is 27.5. The molecule has 1 aromatic carbocycles. The molecule has 1 saturated carbocycles. The number of fused-ring (bicyclic) bond motifs is 9. The smallest absolute Gasteiger partial charge is 0.262 e. The number of amides is 2. The Morgan fingerprint density at radius 3 is 2.82 bits per heavy atom. The van der Waals surface area contributed by atoms with Gasteiger partial charge in [-0.3, -0.25) is 14.5 Å². The molecule has 0 aromatic heterocycles. The second-order valence-electron chi connectivity index (χ2n) is 8.83. The first-order valence-electron chi connectivity index (χ1n) is 10.9. The number of benzene rings is 1. The molecule has 1 aromatic rings. The Kier molecular flexibility index (Phi) is 6.59. The molecular weight excluding hydrogens is 454 g/mol. The van der Waals surface area contributed by atoms with Gasteiger partial charge in [-0.1, -0.05) is 29.8 Å². The number of rotatable bonds is 2. The van der Waals surface area contributed by atoms with Gasteiger partial charge in [-0.15, -0.1) is 0 Å². The number of hydrogen-bond acceptors (Lipinski definition) is 5. The molecule has 7 nitrogen and oxygen atoms in total. The van der Waals surface area contributed by atoms with E-state index < -0.39 is 48.3 Å². The average molecular weight is 479 g/mol. The van der Waals surface area contributed by atoms with Crippen LogP contribution in [0.2, 0.25) is 5.02 Å². The summed E-state index contributed by atoms with van der Waals surface area (Å²) in [6, 6.07) is 5.05. The summed E-state index contributed by atoms with van der Waals surface area (Å²) in [5, 5.41) is 15.0. The first-order chi connectivity index (χ1) is 15.7. The molecule has 33 heavy (non-hydrogen) atoms. The summed E-state index contributed by atoms with van der Waals surface area (Å²) in [5.41, 5.74) is -0.267. The van der Waals surface area contributed by atoms with Gasteiger partial charge in [-0.25, -0.2) is 8.78 Å². The lowest BCUT2D eigenvalue weighted by Crippen LogP contribution is -2.55. The maximum absolute atomic E-state index is 14.2. The van der Waals surface area contributed by atoms with Gasteiger partial charge in [0.05, 0.1) is 23.7 Å². The Morgan fingerprint density at radius 1 is 1.33 bits per heavy atom. The average Bonchev–Trinajstić information content (AvgIpc) is 3.46. The molecule has 3 heterocycles. The first-order valence-corrected chi connectivity index (χ1v) is 11.3. The van der Waals surface area contributed by atoms with Crippen LogP contribution in [0.3, 0.4) is 0 Å². The van der Waals surface area contributed by atoms with Gasteiger partial charge in [-0.2, -0.15) is 5.26 Å². The van der Waals surface area contributed by atoms with Gasteiger partial charge in [0.2, 0.25) is 11.8 Å². The number of carbonyl (C=O) groups is 2. The van der Waals surface area contributed by atoms with E-state index in [0.717, 1.165) is 0 Å². The number of ether oxygens (including phenoxy) is 1. The normalized spacial score (nSPS) is 26.5. The van der Waals surface area contributed by atoms with Crippen molar-refractivity contribution in [2.45, 2.75) is 55.6 Å². The molecule has 10 heteroatoms. The van der Waals surface area contributed by atoms with Gasteiger partial charge >= 0.3 is 0 Å². The van der Waals surface area contributed by atoms with Crippen LogP contribution in [0.25, 0.3) is 0 Å². The minimum atomic E-state index is -2.99. The van der Waals surface area contributed by atoms with Crippen molar-refractivity contribution in [3.05, 3.63) is 40.9 Å². The summed E-state index contributed by atoms with van der Waals surface area (Å²) >= 11 is 6.32. The van der Waals surface area contributed by atoms with E-state index in [1.807, 2.05) is 6.08 Å². The van der Waals surface area contributed by atoms with Gasteiger partial charge in [0.25, 0.3) is 5.92 Å². The number of hydrogen-bond donors (Lipinski definition) is 2. The molecule has 2 fully saturated rings. The van der Waals surface area contributed by atoms with E-state index in [9.17, 15) is 23.6 Å². The summed E-state index contributed by atoms with van der Waals surface area (Å²) < 4.78 is 34.0. The molecule has 4 aliphatic rings. The quantitative estimate of drug-likeness (QED) is 0.637. The lowest BCUT2D eigenvalue weighted by atomic mass is 10.0. The van der Waals surface area contributed by atoms with Crippen LogP contribution in [0.15, 0.2) is 30.4 Å². The lowest BCUT2D eigenvalue weighted by molar-refractivity contribution is -0.131. The summed E-state index contributed by atoms with van der Waals surface area (Å²) in [7, 11) is 0. The topological polar surface area (TPSA) is 94.5 Å². The van der Waals surface area contributed by atoms with Crippen LogP contribution in [-0.4, -0.2) is 60.0 Å². The molecule has 2 atom stereocenters. The van der Waals surface area contributed by atoms with Gasteiger partial charge in [0, 0.05) is 19.4 Å². The highest BCUT2D eigenvalue weighted by Gasteiger charge is 2.49. The van der Waals surface area contributed by atoms with Gasteiger partial charge < -0.3 is 15.4 Å². The monoisotopic (exact) mass is 478 g/mol. The van der Waals surface area contributed by atoms with E-state index in [1.54, 1.807) is 24.3 Å². The van der Waals surface area contributed by atoms with Crippen LogP contribution >= 0.6 is 11.6 Å². The highest BCUT2D eigenvalue weighted by molar-refractivity contribution is 6.32. The zero-order valence-corrected chi connectivity index (χ0v) is 18.7. The maximum atomic E-state index is 14.2. The van der Waals surface area contributed by atoms with Crippen molar-refractivity contribution in [3.8, 4) is 11.8 Å². The number of halogens is 3. The van der Waals surface area contributed by atoms with E-state index in [2.05, 4.69) is 16.7 Å². The lowest BCUT2D eigenvalue weighted by Gasteiger charge is -2.26. The number of nitrogens with one attached hydrogen (secondary N) is 2. The Labute approximate surface area is 195 Å². The zero-order valence-electron chi connectivity index (χ0n) is 18.0. The maximum Gasteiger partial charge on any atom is 0.262 e. The second-order valence-corrected chi connectivity index (χ2v) is 9.24. The van der Waals surface area contributed by atoms with Crippen molar-refractivity contribution in [3.63, 3.8) is 0 Å². The van der Waals surface area contributed by atoms with Gasteiger partial charge in [0.15, 0.2) is 0 Å². The highest BCUT2D eigenvalue weighted by Crippen LogP contribution is 2.35. The van der Waals surface area contributed by atoms with E-state index in [1.165, 1.54) is 4.90 Å². The predicted octanol–water partition coefficient (Wildman–Crippen LogP) is 2.59. The van der Waals surface area contributed by atoms with Crippen molar-refractivity contribution < 1.29 is 23.1 Å². The Hall–Kier alpha value is -2.70. The SMILES string of the molecule is N#CC1(NC(=O)C2Cc3ccc(c(Cl)c3)OCC=CCCN3CC(F)(F)CC3C(=O)N2)CC1. The van der Waals surface area contributed by atoms with E-state index in [-0.39, 0.29) is 19.6 Å². The third-order valence-electron chi connectivity index (χ3n) is 6.15. The molecule has 1 aliphatic carbocycles. The number of carbonyl (C=O) groups excluding carboxylic acids is 2. The molecule has 2 amide bonds. The minimum Gasteiger partial charge on any atom is -0.488 e. The van der Waals surface area contributed by atoms with Crippen LogP contribution in [0.1, 0.15) is 31.2 Å². The minimum absolute atomic E-state index is 0.0854. The van der Waals surface area contributed by atoms with Crippen molar-refractivity contribution >= 4 is 23.4 Å². The molecule has 0 spiro atoms. The standard InChI is InChI=1S/C23H25ClF2N4O3/c24-16-10-15-4-5-19(16)33-9-3-1-2-8-30-14-23(25,26)12-18(30)21(32)28-17(11-15)20(31)29-22(13-27)6-7-22/h1,3-5,10,17-18H,2,6-9,11-12,14H2,(H,28,32)(H,29,31). The van der Waals surface area contributed by atoms with E-state index >= 15 is 0 Å². The first kappa shape index (κ1) is 23.5. The Bertz CT molecular complexity index is 1010. The molecular formula is C23H25ClF2N4O3. The Morgan fingerprint density at radius 2 is 2.12 bits per heavy atom. The summed E-state index contributed by atoms with van der Waals surface area (Å²) in [6.07, 6.45) is 4.60. The van der Waals surface area contributed by atoms with E-state index in [0.29, 0.717) is 35.6 Å². The number of nitrogens with zero attached hydrogens (tertiary/aromatic N) is 2. The van der Waals surface area contributed by atoms with Crippen molar-refractivity contribution in [1.82, 2.24) is 15.5 Å². The molecule has 3 aliphatic heterocycles. The second kappa shape index (κ2) is 9.27. The van der Waals surface area contributed by atoms with Crippen molar-refractivity contribution in [2.24, 2.45) is 0 Å². The van der Waals surface area contributed by atoms with Crippen LogP contribution < -0.4 is 15.4 Å². The molecule has 5 rings (SSSR count). The molecule has 1 saturated heterocycles. The number of alkyl halides is 2. The fourth-order valence-electron chi connectivity index (χ4n) is 4.16. The fraction of sp³-hybridized carbons (Fsp3) is 0.522. The Balaban J connectivity index is 1.61. The largest absolute Gasteiger partial charge is 0.488 e. The van der Waals surface area contributed by atoms with Crippen LogP contribution in [0.5, 0.6) is 5.75 Å². The van der Waals surface area contributed by atoms with Crippen LogP contribution in [-0.2, 0) is 16.0 Å². The molecule has 0 radical (unpaired) electrons. The van der Waals surface area contributed by atoms with Crippen molar-refractivity contribution in [2.75, 3.05) is 19.7 Å². The molecule has 2 N–H and O–H groups in total. The van der Waals surface area contributed by atoms with Crippen LogP contribution in [0.4, 0.5) is 8.78 Å². The summed E-state index contributed by atoms with van der Waals surface area (Å²) in [5.74, 6) is -3.67. The zero-order chi connectivity index (χ0) is 23.6. The third kappa shape index (κ3) is 5.63. The predicted molar refractivity (Wildman–Crippen MR) is 117 cm³/mol. The molecule has 2 bridgehead atoms. The molecule has 176 valence electrons. The van der Waals surface area contributed by atoms with Crippen LogP contribution in [0, 0.1) is 11.3 Å². The fourth-order valence-corrected chi connectivity index (χ4v) is 4.41. The highest BCUT2D eigenvalue weighted by atomic mass is 35.5.